The number of benzene rings is 1. The fourth-order valence-electron chi connectivity index (χ4n) is 3.08. The van der Waals surface area contributed by atoms with E-state index in [9.17, 15) is 4.79 Å². The Morgan fingerprint density at radius 2 is 2.14 bits per heavy atom. The molecule has 3 rings (SSSR count). The summed E-state index contributed by atoms with van der Waals surface area (Å²) in [5.74, 6) is 0.308. The highest BCUT2D eigenvalue weighted by atomic mass is 16.5. The molecule has 0 unspecified atom stereocenters. The van der Waals surface area contributed by atoms with Crippen molar-refractivity contribution in [3.05, 3.63) is 29.3 Å². The van der Waals surface area contributed by atoms with Gasteiger partial charge in [-0.2, -0.15) is 0 Å². The molecule has 1 saturated heterocycles. The van der Waals surface area contributed by atoms with Crippen molar-refractivity contribution >= 4 is 17.3 Å². The number of hydrogen-bond donors (Lipinski definition) is 1. The van der Waals surface area contributed by atoms with Gasteiger partial charge in [-0.1, -0.05) is 11.2 Å². The van der Waals surface area contributed by atoms with Gasteiger partial charge < -0.3 is 14.8 Å². The third-order valence-corrected chi connectivity index (χ3v) is 4.38. The van der Waals surface area contributed by atoms with Gasteiger partial charge in [-0.25, -0.2) is 0 Å². The van der Waals surface area contributed by atoms with E-state index in [0.29, 0.717) is 18.9 Å². The molecular weight excluding hydrogens is 268 g/mol. The number of amides is 1. The van der Waals surface area contributed by atoms with Crippen molar-refractivity contribution in [2.45, 2.75) is 26.2 Å². The zero-order chi connectivity index (χ0) is 14.8. The summed E-state index contributed by atoms with van der Waals surface area (Å²) in [5, 5.41) is 12.1. The van der Waals surface area contributed by atoms with E-state index >= 15 is 0 Å². The summed E-state index contributed by atoms with van der Waals surface area (Å²) in [6.45, 7) is 3.87. The largest absolute Gasteiger partial charge is 0.411 e. The van der Waals surface area contributed by atoms with Gasteiger partial charge >= 0.3 is 0 Å². The van der Waals surface area contributed by atoms with Crippen LogP contribution in [0.3, 0.4) is 0 Å². The van der Waals surface area contributed by atoms with E-state index in [1.165, 1.54) is 0 Å². The molecule has 1 aromatic rings. The first kappa shape index (κ1) is 14.1. The van der Waals surface area contributed by atoms with Crippen molar-refractivity contribution in [3.8, 4) is 0 Å². The summed E-state index contributed by atoms with van der Waals surface area (Å²) >= 11 is 0. The van der Waals surface area contributed by atoms with Crippen LogP contribution in [0.1, 0.15) is 30.9 Å². The number of carbonyl (C=O) groups excluding carboxylic acids is 1. The summed E-state index contributed by atoms with van der Waals surface area (Å²) in [7, 11) is 0. The van der Waals surface area contributed by atoms with Gasteiger partial charge in [-0.15, -0.1) is 0 Å². The van der Waals surface area contributed by atoms with Crippen molar-refractivity contribution in [3.63, 3.8) is 0 Å². The number of anilines is 1. The standard InChI is InChI=1S/C16H20N2O3/c1-11(17-20)13-2-3-15-14(10-13)4-7-18(15)16(19)12-5-8-21-9-6-12/h2-3,10,12,20H,4-9H2,1H3. The average molecular weight is 288 g/mol. The van der Waals surface area contributed by atoms with E-state index in [1.54, 1.807) is 6.92 Å². The monoisotopic (exact) mass is 288 g/mol. The highest BCUT2D eigenvalue weighted by Crippen LogP contribution is 2.31. The Balaban J connectivity index is 1.82. The molecule has 0 saturated carbocycles. The topological polar surface area (TPSA) is 62.1 Å². The second-order valence-corrected chi connectivity index (χ2v) is 5.66. The lowest BCUT2D eigenvalue weighted by Crippen LogP contribution is -2.37. The van der Waals surface area contributed by atoms with Crippen LogP contribution in [-0.2, 0) is 16.0 Å². The van der Waals surface area contributed by atoms with E-state index in [0.717, 1.165) is 42.6 Å². The molecule has 0 radical (unpaired) electrons. The zero-order valence-corrected chi connectivity index (χ0v) is 12.2. The van der Waals surface area contributed by atoms with Crippen LogP contribution in [0.25, 0.3) is 0 Å². The van der Waals surface area contributed by atoms with E-state index < -0.39 is 0 Å². The minimum Gasteiger partial charge on any atom is -0.411 e. The second kappa shape index (κ2) is 5.85. The van der Waals surface area contributed by atoms with Gasteiger partial charge in [0.05, 0.1) is 5.71 Å². The van der Waals surface area contributed by atoms with Gasteiger partial charge in [0.2, 0.25) is 5.91 Å². The van der Waals surface area contributed by atoms with E-state index in [4.69, 9.17) is 9.94 Å². The summed E-state index contributed by atoms with van der Waals surface area (Å²) in [4.78, 5) is 14.5. The van der Waals surface area contributed by atoms with Crippen LogP contribution in [0.2, 0.25) is 0 Å². The Kier molecular flexibility index (Phi) is 3.92. The average Bonchev–Trinajstić information content (AvgIpc) is 2.97. The van der Waals surface area contributed by atoms with Crippen molar-refractivity contribution in [1.82, 2.24) is 0 Å². The maximum Gasteiger partial charge on any atom is 0.230 e. The normalized spacial score (nSPS) is 19.7. The van der Waals surface area contributed by atoms with Crippen molar-refractivity contribution in [1.29, 1.82) is 0 Å². The third-order valence-electron chi connectivity index (χ3n) is 4.38. The van der Waals surface area contributed by atoms with Gasteiger partial charge in [-0.05, 0) is 49.4 Å². The minimum atomic E-state index is 0.0881. The van der Waals surface area contributed by atoms with E-state index in [2.05, 4.69) is 5.16 Å². The highest BCUT2D eigenvalue weighted by molar-refractivity contribution is 6.01. The number of rotatable bonds is 2. The predicted molar refractivity (Wildman–Crippen MR) is 80.0 cm³/mol. The van der Waals surface area contributed by atoms with Crippen LogP contribution in [0.5, 0.6) is 0 Å². The Hall–Kier alpha value is -1.88. The summed E-state index contributed by atoms with van der Waals surface area (Å²) in [6, 6.07) is 5.88. The Morgan fingerprint density at radius 1 is 1.38 bits per heavy atom. The quantitative estimate of drug-likeness (QED) is 0.515. The SMILES string of the molecule is CC(=NO)c1ccc2c(c1)CCN2C(=O)C1CCOCC1. The van der Waals surface area contributed by atoms with Crippen LogP contribution >= 0.6 is 0 Å². The van der Waals surface area contributed by atoms with Gasteiger partial charge in [0.1, 0.15) is 0 Å². The Morgan fingerprint density at radius 3 is 2.86 bits per heavy atom. The first-order valence-electron chi connectivity index (χ1n) is 7.42. The van der Waals surface area contributed by atoms with Gasteiger partial charge in [0, 0.05) is 31.4 Å². The van der Waals surface area contributed by atoms with Crippen LogP contribution in [-0.4, -0.2) is 36.6 Å². The molecule has 1 fully saturated rings. The van der Waals surface area contributed by atoms with E-state index in [1.807, 2.05) is 23.1 Å². The summed E-state index contributed by atoms with van der Waals surface area (Å²) < 4.78 is 5.33. The first-order chi connectivity index (χ1) is 10.2. The molecule has 0 aromatic heterocycles. The van der Waals surface area contributed by atoms with Crippen LogP contribution < -0.4 is 4.90 Å². The molecule has 2 heterocycles. The maximum absolute atomic E-state index is 12.6. The Bertz CT molecular complexity index is 577. The molecular formula is C16H20N2O3. The van der Waals surface area contributed by atoms with Gasteiger partial charge in [-0.3, -0.25) is 4.79 Å². The van der Waals surface area contributed by atoms with Crippen LogP contribution in [0.15, 0.2) is 23.4 Å². The highest BCUT2D eigenvalue weighted by Gasteiger charge is 2.31. The number of hydrogen-bond acceptors (Lipinski definition) is 4. The van der Waals surface area contributed by atoms with Gasteiger partial charge in [0.15, 0.2) is 0 Å². The molecule has 5 heteroatoms. The van der Waals surface area contributed by atoms with E-state index in [-0.39, 0.29) is 11.8 Å². The van der Waals surface area contributed by atoms with Crippen molar-refractivity contribution in [2.24, 2.45) is 11.1 Å². The summed E-state index contributed by atoms with van der Waals surface area (Å²) in [6.07, 6.45) is 2.49. The molecule has 2 aliphatic heterocycles. The predicted octanol–water partition coefficient (Wildman–Crippen LogP) is 2.20. The molecule has 1 aromatic carbocycles. The van der Waals surface area contributed by atoms with Crippen LogP contribution in [0.4, 0.5) is 5.69 Å². The number of oxime groups is 1. The molecule has 2 aliphatic rings. The maximum atomic E-state index is 12.6. The molecule has 21 heavy (non-hydrogen) atoms. The van der Waals surface area contributed by atoms with Crippen LogP contribution in [0, 0.1) is 5.92 Å². The first-order valence-corrected chi connectivity index (χ1v) is 7.42. The zero-order valence-electron chi connectivity index (χ0n) is 12.2. The summed E-state index contributed by atoms with van der Waals surface area (Å²) in [5.41, 5.74) is 3.64. The van der Waals surface area contributed by atoms with Gasteiger partial charge in [0.25, 0.3) is 0 Å². The van der Waals surface area contributed by atoms with Crippen molar-refractivity contribution in [2.75, 3.05) is 24.7 Å². The lowest BCUT2D eigenvalue weighted by Gasteiger charge is -2.26. The third kappa shape index (κ3) is 2.65. The van der Waals surface area contributed by atoms with Crippen molar-refractivity contribution < 1.29 is 14.7 Å². The molecule has 0 atom stereocenters. The molecule has 0 aliphatic carbocycles. The number of carbonyl (C=O) groups is 1. The minimum absolute atomic E-state index is 0.0881. The molecule has 112 valence electrons. The lowest BCUT2D eigenvalue weighted by atomic mass is 9.98. The molecule has 5 nitrogen and oxygen atoms in total. The number of nitrogens with zero attached hydrogens (tertiary/aromatic N) is 2. The molecule has 1 amide bonds. The second-order valence-electron chi connectivity index (χ2n) is 5.66. The molecule has 1 N–H and O–H groups in total. The Labute approximate surface area is 124 Å². The fourth-order valence-corrected chi connectivity index (χ4v) is 3.08. The smallest absolute Gasteiger partial charge is 0.230 e. The molecule has 0 spiro atoms. The number of fused-ring (bicyclic) bond motifs is 1. The molecule has 0 bridgehead atoms. The number of ether oxygens (including phenoxy) is 1. The fraction of sp³-hybridized carbons (Fsp3) is 0.500. The lowest BCUT2D eigenvalue weighted by molar-refractivity contribution is -0.125.